The lowest BCUT2D eigenvalue weighted by Crippen LogP contribution is -2.51. The quantitative estimate of drug-likeness (QED) is 0.837. The second-order valence-electron chi connectivity index (χ2n) is 6.92. The summed E-state index contributed by atoms with van der Waals surface area (Å²) >= 11 is 0. The average molecular weight is 349 g/mol. The zero-order valence-electron chi connectivity index (χ0n) is 15.0. The highest BCUT2D eigenvalue weighted by Crippen LogP contribution is 2.36. The van der Waals surface area contributed by atoms with Gasteiger partial charge in [0.1, 0.15) is 0 Å². The van der Waals surface area contributed by atoms with E-state index in [4.69, 9.17) is 0 Å². The molecule has 1 atom stereocenters. The predicted molar refractivity (Wildman–Crippen MR) is 102 cm³/mol. The Hall–Kier alpha value is -2.82. The maximum absolute atomic E-state index is 13.1. The summed E-state index contributed by atoms with van der Waals surface area (Å²) in [4.78, 5) is 31.4. The number of piperazine rings is 1. The Bertz CT molecular complexity index is 813. The van der Waals surface area contributed by atoms with Crippen LogP contribution in [0, 0.1) is 0 Å². The Morgan fingerprint density at radius 3 is 2.31 bits per heavy atom. The number of nitrogens with zero attached hydrogens (tertiary/aromatic N) is 3. The monoisotopic (exact) mass is 349 g/mol. The number of anilines is 2. The maximum Gasteiger partial charge on any atom is 0.230 e. The topological polar surface area (TPSA) is 43.9 Å². The summed E-state index contributed by atoms with van der Waals surface area (Å²) in [5.41, 5.74) is 3.01. The number of hydrogen-bond acceptors (Lipinski definition) is 3. The van der Waals surface area contributed by atoms with Gasteiger partial charge >= 0.3 is 0 Å². The Labute approximate surface area is 153 Å². The molecule has 2 amide bonds. The Morgan fingerprint density at radius 1 is 0.923 bits per heavy atom. The van der Waals surface area contributed by atoms with Crippen LogP contribution in [-0.4, -0.2) is 49.9 Å². The summed E-state index contributed by atoms with van der Waals surface area (Å²) in [7, 11) is 1.78. The summed E-state index contributed by atoms with van der Waals surface area (Å²) in [6.07, 6.45) is 0.255. The number of para-hydroxylation sites is 2. The fourth-order valence-electron chi connectivity index (χ4n) is 3.91. The van der Waals surface area contributed by atoms with Crippen LogP contribution in [0.4, 0.5) is 11.4 Å². The molecule has 0 N–H and O–H groups in total. The van der Waals surface area contributed by atoms with Gasteiger partial charge in [-0.1, -0.05) is 36.4 Å². The van der Waals surface area contributed by atoms with Crippen molar-refractivity contribution in [3.05, 3.63) is 60.2 Å². The Balaban J connectivity index is 1.49. The molecule has 0 bridgehead atoms. The number of rotatable bonds is 2. The molecule has 134 valence electrons. The molecular formula is C21H23N3O2. The minimum atomic E-state index is -0.363. The van der Waals surface area contributed by atoms with Crippen LogP contribution < -0.4 is 9.80 Å². The van der Waals surface area contributed by atoms with E-state index in [0.29, 0.717) is 13.1 Å². The fourth-order valence-corrected chi connectivity index (χ4v) is 3.91. The van der Waals surface area contributed by atoms with Gasteiger partial charge in [0, 0.05) is 51.0 Å². The van der Waals surface area contributed by atoms with Crippen molar-refractivity contribution in [1.82, 2.24) is 4.90 Å². The highest BCUT2D eigenvalue weighted by molar-refractivity contribution is 6.02. The lowest BCUT2D eigenvalue weighted by Gasteiger charge is -2.39. The van der Waals surface area contributed by atoms with Gasteiger partial charge in [-0.15, -0.1) is 0 Å². The van der Waals surface area contributed by atoms with Gasteiger partial charge in [0.15, 0.2) is 0 Å². The molecule has 0 aromatic heterocycles. The first-order valence-corrected chi connectivity index (χ1v) is 9.09. The number of carbonyl (C=O) groups excluding carboxylic acids is 2. The molecule has 1 unspecified atom stereocenters. The van der Waals surface area contributed by atoms with Crippen molar-refractivity contribution in [2.45, 2.75) is 12.3 Å². The summed E-state index contributed by atoms with van der Waals surface area (Å²) < 4.78 is 0. The third-order valence-electron chi connectivity index (χ3n) is 5.44. The third kappa shape index (κ3) is 2.94. The van der Waals surface area contributed by atoms with Gasteiger partial charge in [-0.05, 0) is 23.8 Å². The molecule has 5 heteroatoms. The van der Waals surface area contributed by atoms with E-state index in [1.165, 1.54) is 5.69 Å². The average Bonchev–Trinajstić information content (AvgIpc) is 2.71. The lowest BCUT2D eigenvalue weighted by molar-refractivity contribution is -0.135. The van der Waals surface area contributed by atoms with Gasteiger partial charge in [0.25, 0.3) is 0 Å². The molecule has 4 rings (SSSR count). The molecule has 2 aliphatic rings. The molecule has 2 heterocycles. The first kappa shape index (κ1) is 16.6. The van der Waals surface area contributed by atoms with Gasteiger partial charge in [-0.25, -0.2) is 0 Å². The Kier molecular flexibility index (Phi) is 4.37. The molecule has 0 radical (unpaired) electrons. The number of hydrogen-bond donors (Lipinski definition) is 0. The molecule has 1 fully saturated rings. The molecule has 5 nitrogen and oxygen atoms in total. The second-order valence-corrected chi connectivity index (χ2v) is 6.92. The van der Waals surface area contributed by atoms with Crippen molar-refractivity contribution in [2.75, 3.05) is 43.0 Å². The molecule has 0 saturated carbocycles. The number of fused-ring (bicyclic) bond motifs is 1. The van der Waals surface area contributed by atoms with Crippen molar-refractivity contribution >= 4 is 23.2 Å². The van der Waals surface area contributed by atoms with Crippen LogP contribution in [0.15, 0.2) is 54.6 Å². The molecule has 0 spiro atoms. The largest absolute Gasteiger partial charge is 0.368 e. The van der Waals surface area contributed by atoms with Gasteiger partial charge in [0.05, 0.1) is 5.92 Å². The van der Waals surface area contributed by atoms with Gasteiger partial charge < -0.3 is 14.7 Å². The van der Waals surface area contributed by atoms with E-state index in [1.807, 2.05) is 47.4 Å². The fraction of sp³-hybridized carbons (Fsp3) is 0.333. The smallest absolute Gasteiger partial charge is 0.230 e. The maximum atomic E-state index is 13.1. The van der Waals surface area contributed by atoms with E-state index in [0.717, 1.165) is 24.3 Å². The molecule has 26 heavy (non-hydrogen) atoms. The van der Waals surface area contributed by atoms with E-state index in [2.05, 4.69) is 17.0 Å². The third-order valence-corrected chi connectivity index (χ3v) is 5.44. The van der Waals surface area contributed by atoms with Crippen molar-refractivity contribution in [2.24, 2.45) is 0 Å². The first-order valence-electron chi connectivity index (χ1n) is 9.09. The van der Waals surface area contributed by atoms with Crippen molar-refractivity contribution in [3.63, 3.8) is 0 Å². The van der Waals surface area contributed by atoms with Crippen molar-refractivity contribution in [3.8, 4) is 0 Å². The van der Waals surface area contributed by atoms with Crippen LogP contribution in [-0.2, 0) is 9.59 Å². The van der Waals surface area contributed by atoms with Crippen molar-refractivity contribution in [1.29, 1.82) is 0 Å². The minimum Gasteiger partial charge on any atom is -0.368 e. The molecule has 0 aliphatic carbocycles. The van der Waals surface area contributed by atoms with E-state index in [9.17, 15) is 9.59 Å². The van der Waals surface area contributed by atoms with E-state index in [1.54, 1.807) is 11.9 Å². The summed E-state index contributed by atoms with van der Waals surface area (Å²) in [6, 6.07) is 18.0. The highest BCUT2D eigenvalue weighted by Gasteiger charge is 2.36. The van der Waals surface area contributed by atoms with E-state index >= 15 is 0 Å². The van der Waals surface area contributed by atoms with Gasteiger partial charge in [-0.2, -0.15) is 0 Å². The summed E-state index contributed by atoms with van der Waals surface area (Å²) in [5.74, 6) is -0.283. The van der Waals surface area contributed by atoms with Crippen LogP contribution in [0.2, 0.25) is 0 Å². The standard InChI is InChI=1S/C21H23N3O2/c1-22-19-10-6-5-9-17(19)18(15-20(22)25)21(26)24-13-11-23(12-14-24)16-7-3-2-4-8-16/h2-10,18H,11-15H2,1H3. The first-order chi connectivity index (χ1) is 12.6. The minimum absolute atomic E-state index is 0.00460. The highest BCUT2D eigenvalue weighted by atomic mass is 16.2. The zero-order chi connectivity index (χ0) is 18.1. The van der Waals surface area contributed by atoms with Crippen LogP contribution in [0.5, 0.6) is 0 Å². The molecule has 2 aliphatic heterocycles. The van der Waals surface area contributed by atoms with Crippen molar-refractivity contribution < 1.29 is 9.59 Å². The number of amides is 2. The van der Waals surface area contributed by atoms with Crippen LogP contribution in [0.25, 0.3) is 0 Å². The summed E-state index contributed by atoms with van der Waals surface area (Å²) in [6.45, 7) is 3.02. The van der Waals surface area contributed by atoms with E-state index in [-0.39, 0.29) is 24.2 Å². The predicted octanol–water partition coefficient (Wildman–Crippen LogP) is 2.49. The second kappa shape index (κ2) is 6.83. The lowest BCUT2D eigenvalue weighted by atomic mass is 9.88. The summed E-state index contributed by atoms with van der Waals surface area (Å²) in [5, 5.41) is 0. The normalized spacial score (nSPS) is 20.1. The SMILES string of the molecule is CN1C(=O)CC(C(=O)N2CCN(c3ccccc3)CC2)c2ccccc21. The van der Waals surface area contributed by atoms with Gasteiger partial charge in [-0.3, -0.25) is 9.59 Å². The molecule has 2 aromatic carbocycles. The zero-order valence-corrected chi connectivity index (χ0v) is 15.0. The van der Waals surface area contributed by atoms with Gasteiger partial charge in [0.2, 0.25) is 11.8 Å². The van der Waals surface area contributed by atoms with Crippen LogP contribution >= 0.6 is 0 Å². The van der Waals surface area contributed by atoms with Crippen LogP contribution in [0.1, 0.15) is 17.9 Å². The molecule has 2 aromatic rings. The van der Waals surface area contributed by atoms with E-state index < -0.39 is 0 Å². The Morgan fingerprint density at radius 2 is 1.58 bits per heavy atom. The van der Waals surface area contributed by atoms with Crippen LogP contribution in [0.3, 0.4) is 0 Å². The number of carbonyl (C=O) groups is 2. The number of benzene rings is 2. The molecule has 1 saturated heterocycles. The molecular weight excluding hydrogens is 326 g/mol.